The van der Waals surface area contributed by atoms with Gasteiger partial charge in [-0.1, -0.05) is 13.8 Å². The first kappa shape index (κ1) is 14.0. The van der Waals surface area contributed by atoms with E-state index in [1.165, 1.54) is 0 Å². The number of hydrazine groups is 1. The van der Waals surface area contributed by atoms with Crippen molar-refractivity contribution < 1.29 is 5.11 Å². The molecule has 2 rings (SSSR count). The molecule has 0 aromatic carbocycles. The summed E-state index contributed by atoms with van der Waals surface area (Å²) in [4.78, 5) is 10.6. The van der Waals surface area contributed by atoms with Gasteiger partial charge in [0.25, 0.3) is 0 Å². The van der Waals surface area contributed by atoms with Gasteiger partial charge >= 0.3 is 0 Å². The Bertz CT molecular complexity index is 568. The van der Waals surface area contributed by atoms with Crippen molar-refractivity contribution in [3.63, 3.8) is 0 Å². The molecule has 6 nitrogen and oxygen atoms in total. The second-order valence-corrected chi connectivity index (χ2v) is 6.04. The Labute approximate surface area is 116 Å². The van der Waals surface area contributed by atoms with Crippen LogP contribution in [0.5, 0.6) is 0 Å². The first-order chi connectivity index (χ1) is 9.01. The van der Waals surface area contributed by atoms with E-state index in [0.29, 0.717) is 18.3 Å². The summed E-state index contributed by atoms with van der Waals surface area (Å²) in [6.45, 7) is 6.42. The molecule has 2 aromatic heterocycles. The topological polar surface area (TPSA) is 96.1 Å². The highest BCUT2D eigenvalue weighted by Crippen LogP contribution is 2.29. The SMILES string of the molecule is Cc1cc2c(NCC(O)C(C)C)nc(NN)nc2s1. The van der Waals surface area contributed by atoms with Gasteiger partial charge in [0.2, 0.25) is 5.95 Å². The van der Waals surface area contributed by atoms with Gasteiger partial charge in [-0.3, -0.25) is 5.43 Å². The van der Waals surface area contributed by atoms with Crippen molar-refractivity contribution in [3.05, 3.63) is 10.9 Å². The van der Waals surface area contributed by atoms with Crippen molar-refractivity contribution in [2.24, 2.45) is 11.8 Å². The van der Waals surface area contributed by atoms with Crippen molar-refractivity contribution in [1.29, 1.82) is 0 Å². The van der Waals surface area contributed by atoms with E-state index in [2.05, 4.69) is 20.7 Å². The monoisotopic (exact) mass is 281 g/mol. The zero-order valence-electron chi connectivity index (χ0n) is 11.3. The molecule has 0 fully saturated rings. The first-order valence-electron chi connectivity index (χ1n) is 6.18. The average Bonchev–Trinajstić information content (AvgIpc) is 2.75. The van der Waals surface area contributed by atoms with Crippen molar-refractivity contribution in [3.8, 4) is 0 Å². The summed E-state index contributed by atoms with van der Waals surface area (Å²) in [6, 6.07) is 2.03. The molecular formula is C12H19N5OS. The van der Waals surface area contributed by atoms with Crippen molar-refractivity contribution >= 4 is 33.3 Å². The van der Waals surface area contributed by atoms with E-state index in [9.17, 15) is 5.11 Å². The Balaban J connectivity index is 2.29. The molecule has 104 valence electrons. The number of aliphatic hydroxyl groups excluding tert-OH is 1. The lowest BCUT2D eigenvalue weighted by atomic mass is 10.1. The van der Waals surface area contributed by atoms with Crippen LogP contribution < -0.4 is 16.6 Å². The highest BCUT2D eigenvalue weighted by atomic mass is 32.1. The fraction of sp³-hybridized carbons (Fsp3) is 0.500. The van der Waals surface area contributed by atoms with Gasteiger partial charge in [0.15, 0.2) is 0 Å². The molecule has 1 atom stereocenters. The number of hydrogen-bond donors (Lipinski definition) is 4. The molecule has 5 N–H and O–H groups in total. The van der Waals surface area contributed by atoms with Gasteiger partial charge in [-0.15, -0.1) is 11.3 Å². The van der Waals surface area contributed by atoms with Crippen LogP contribution in [0.2, 0.25) is 0 Å². The summed E-state index contributed by atoms with van der Waals surface area (Å²) in [6.07, 6.45) is -0.418. The van der Waals surface area contributed by atoms with Crippen LogP contribution in [-0.2, 0) is 0 Å². The molecule has 7 heteroatoms. The van der Waals surface area contributed by atoms with Crippen LogP contribution in [0.1, 0.15) is 18.7 Å². The van der Waals surface area contributed by atoms with Crippen molar-refractivity contribution in [2.45, 2.75) is 26.9 Å². The van der Waals surface area contributed by atoms with Crippen LogP contribution in [0.15, 0.2) is 6.07 Å². The maximum atomic E-state index is 9.85. The van der Waals surface area contributed by atoms with E-state index < -0.39 is 6.10 Å². The molecule has 0 spiro atoms. The van der Waals surface area contributed by atoms with Crippen LogP contribution in [-0.4, -0.2) is 27.7 Å². The highest BCUT2D eigenvalue weighted by Gasteiger charge is 2.13. The summed E-state index contributed by atoms with van der Waals surface area (Å²) in [5.74, 6) is 6.64. The second kappa shape index (κ2) is 5.68. The lowest BCUT2D eigenvalue weighted by Crippen LogP contribution is -2.25. The molecule has 0 amide bonds. The number of nitrogens with one attached hydrogen (secondary N) is 2. The number of nitrogens with two attached hydrogens (primary N) is 1. The Morgan fingerprint density at radius 3 is 2.79 bits per heavy atom. The third-order valence-corrected chi connectivity index (χ3v) is 3.84. The maximum Gasteiger partial charge on any atom is 0.240 e. The fourth-order valence-electron chi connectivity index (χ4n) is 1.68. The summed E-state index contributed by atoms with van der Waals surface area (Å²) < 4.78 is 0. The van der Waals surface area contributed by atoms with Gasteiger partial charge in [-0.2, -0.15) is 4.98 Å². The Kier molecular flexibility index (Phi) is 4.18. The van der Waals surface area contributed by atoms with Gasteiger partial charge in [0.05, 0.1) is 11.5 Å². The van der Waals surface area contributed by atoms with E-state index in [1.807, 2.05) is 26.8 Å². The Morgan fingerprint density at radius 2 is 2.16 bits per heavy atom. The number of fused-ring (bicyclic) bond motifs is 1. The number of aliphatic hydroxyl groups is 1. The number of aromatic nitrogens is 2. The predicted molar refractivity (Wildman–Crippen MR) is 79.3 cm³/mol. The molecule has 0 radical (unpaired) electrons. The van der Waals surface area contributed by atoms with Gasteiger partial charge < -0.3 is 10.4 Å². The molecule has 1 unspecified atom stereocenters. The summed E-state index contributed by atoms with van der Waals surface area (Å²) in [5, 5.41) is 14.0. The van der Waals surface area contributed by atoms with E-state index in [-0.39, 0.29) is 5.92 Å². The minimum absolute atomic E-state index is 0.196. The minimum Gasteiger partial charge on any atom is -0.391 e. The van der Waals surface area contributed by atoms with E-state index in [4.69, 9.17) is 5.84 Å². The third-order valence-electron chi connectivity index (χ3n) is 2.89. The normalized spacial score (nSPS) is 12.9. The average molecular weight is 281 g/mol. The molecule has 0 aliphatic heterocycles. The molecule has 2 aromatic rings. The van der Waals surface area contributed by atoms with Crippen LogP contribution in [0.4, 0.5) is 11.8 Å². The molecule has 0 saturated carbocycles. The number of aryl methyl sites for hydroxylation is 1. The van der Waals surface area contributed by atoms with Gasteiger partial charge in [-0.05, 0) is 18.9 Å². The molecule has 0 bridgehead atoms. The standard InChI is InChI=1S/C12H19N5OS/c1-6(2)9(18)5-14-10-8-4-7(3)19-11(8)16-12(15-10)17-13/h4,6,9,18H,5,13H2,1-3H3,(H2,14,15,16,17). The smallest absolute Gasteiger partial charge is 0.240 e. The fourth-order valence-corrected chi connectivity index (χ4v) is 2.56. The molecule has 2 heterocycles. The number of thiophene rings is 1. The largest absolute Gasteiger partial charge is 0.391 e. The summed E-state index contributed by atoms with van der Waals surface area (Å²) in [7, 11) is 0. The van der Waals surface area contributed by atoms with E-state index in [0.717, 1.165) is 15.1 Å². The van der Waals surface area contributed by atoms with Gasteiger partial charge in [0, 0.05) is 11.4 Å². The first-order valence-corrected chi connectivity index (χ1v) is 6.99. The minimum atomic E-state index is -0.418. The van der Waals surface area contributed by atoms with Crippen LogP contribution in [0.3, 0.4) is 0 Å². The summed E-state index contributed by atoms with van der Waals surface area (Å²) in [5.41, 5.74) is 2.46. The molecular weight excluding hydrogens is 262 g/mol. The molecule has 0 aliphatic rings. The Morgan fingerprint density at radius 1 is 1.42 bits per heavy atom. The second-order valence-electron chi connectivity index (χ2n) is 4.81. The van der Waals surface area contributed by atoms with Crippen molar-refractivity contribution in [1.82, 2.24) is 9.97 Å². The van der Waals surface area contributed by atoms with Crippen LogP contribution >= 0.6 is 11.3 Å². The van der Waals surface area contributed by atoms with Crippen molar-refractivity contribution in [2.75, 3.05) is 17.3 Å². The van der Waals surface area contributed by atoms with E-state index in [1.54, 1.807) is 11.3 Å². The molecule has 0 saturated heterocycles. The zero-order valence-corrected chi connectivity index (χ0v) is 12.1. The quantitative estimate of drug-likeness (QED) is 0.492. The number of anilines is 2. The number of hydrogen-bond acceptors (Lipinski definition) is 7. The zero-order chi connectivity index (χ0) is 14.0. The van der Waals surface area contributed by atoms with E-state index >= 15 is 0 Å². The number of nitrogen functional groups attached to an aromatic ring is 1. The van der Waals surface area contributed by atoms with Crippen LogP contribution in [0.25, 0.3) is 10.2 Å². The number of nitrogens with zero attached hydrogens (tertiary/aromatic N) is 2. The number of rotatable bonds is 5. The van der Waals surface area contributed by atoms with Gasteiger partial charge in [0.1, 0.15) is 10.6 Å². The lowest BCUT2D eigenvalue weighted by molar-refractivity contribution is 0.138. The van der Waals surface area contributed by atoms with Crippen LogP contribution in [0, 0.1) is 12.8 Å². The maximum absolute atomic E-state index is 9.85. The Hall–Kier alpha value is -1.44. The van der Waals surface area contributed by atoms with Gasteiger partial charge in [-0.25, -0.2) is 10.8 Å². The highest BCUT2D eigenvalue weighted by molar-refractivity contribution is 7.18. The molecule has 0 aliphatic carbocycles. The predicted octanol–water partition coefficient (Wildman–Crippen LogP) is 1.71. The third kappa shape index (κ3) is 3.12. The summed E-state index contributed by atoms with van der Waals surface area (Å²) >= 11 is 1.59. The lowest BCUT2D eigenvalue weighted by Gasteiger charge is -2.16. The molecule has 19 heavy (non-hydrogen) atoms.